The molecule has 1 atom stereocenters. The van der Waals surface area contributed by atoms with Gasteiger partial charge in [0.15, 0.2) is 0 Å². The third-order valence-corrected chi connectivity index (χ3v) is 2.96. The standard InChI is InChI=1S/C12H26N2O/c1-7-8-9-13-11(15)14(6)10(2)12(3,4)5/h10H,7-9H2,1-6H3,(H,13,15). The molecule has 1 unspecified atom stereocenters. The topological polar surface area (TPSA) is 32.3 Å². The van der Waals surface area contributed by atoms with Crippen LogP contribution in [0.4, 0.5) is 4.79 Å². The molecule has 0 radical (unpaired) electrons. The zero-order valence-electron chi connectivity index (χ0n) is 11.1. The summed E-state index contributed by atoms with van der Waals surface area (Å²) in [7, 11) is 1.86. The quantitative estimate of drug-likeness (QED) is 0.717. The lowest BCUT2D eigenvalue weighted by Gasteiger charge is -2.35. The molecule has 0 saturated carbocycles. The summed E-state index contributed by atoms with van der Waals surface area (Å²) in [4.78, 5) is 13.5. The first kappa shape index (κ1) is 14.3. The van der Waals surface area contributed by atoms with Crippen molar-refractivity contribution >= 4 is 6.03 Å². The Bertz CT molecular complexity index is 196. The molecule has 0 bridgehead atoms. The monoisotopic (exact) mass is 214 g/mol. The Kier molecular flexibility index (Phi) is 5.69. The molecule has 0 aliphatic heterocycles. The summed E-state index contributed by atoms with van der Waals surface area (Å²) in [6.07, 6.45) is 2.16. The second kappa shape index (κ2) is 5.99. The molecule has 0 aliphatic rings. The Balaban J connectivity index is 4.08. The molecular formula is C12H26N2O. The smallest absolute Gasteiger partial charge is 0.317 e. The van der Waals surface area contributed by atoms with E-state index >= 15 is 0 Å². The van der Waals surface area contributed by atoms with Crippen LogP contribution in [0.5, 0.6) is 0 Å². The van der Waals surface area contributed by atoms with Crippen LogP contribution in [-0.4, -0.2) is 30.6 Å². The first-order chi connectivity index (χ1) is 6.80. The van der Waals surface area contributed by atoms with Crippen molar-refractivity contribution in [1.82, 2.24) is 10.2 Å². The van der Waals surface area contributed by atoms with E-state index in [-0.39, 0.29) is 17.5 Å². The largest absolute Gasteiger partial charge is 0.338 e. The highest BCUT2D eigenvalue weighted by atomic mass is 16.2. The van der Waals surface area contributed by atoms with Gasteiger partial charge in [-0.15, -0.1) is 0 Å². The maximum atomic E-state index is 11.7. The average molecular weight is 214 g/mol. The van der Waals surface area contributed by atoms with E-state index in [0.29, 0.717) is 0 Å². The number of carbonyl (C=O) groups is 1. The molecule has 90 valence electrons. The van der Waals surface area contributed by atoms with Gasteiger partial charge in [0, 0.05) is 19.6 Å². The van der Waals surface area contributed by atoms with Gasteiger partial charge in [-0.05, 0) is 18.8 Å². The van der Waals surface area contributed by atoms with Crippen LogP contribution in [0.1, 0.15) is 47.5 Å². The van der Waals surface area contributed by atoms with Crippen LogP contribution < -0.4 is 5.32 Å². The van der Waals surface area contributed by atoms with Crippen molar-refractivity contribution < 1.29 is 4.79 Å². The van der Waals surface area contributed by atoms with Crippen LogP contribution in [0.2, 0.25) is 0 Å². The van der Waals surface area contributed by atoms with Gasteiger partial charge in [-0.25, -0.2) is 4.79 Å². The van der Waals surface area contributed by atoms with Crippen molar-refractivity contribution in [2.45, 2.75) is 53.5 Å². The summed E-state index contributed by atoms with van der Waals surface area (Å²) in [5.41, 5.74) is 0.122. The number of carbonyl (C=O) groups excluding carboxylic acids is 1. The maximum Gasteiger partial charge on any atom is 0.317 e. The Morgan fingerprint density at radius 2 is 1.93 bits per heavy atom. The molecule has 3 nitrogen and oxygen atoms in total. The molecule has 0 aromatic carbocycles. The Hall–Kier alpha value is -0.730. The van der Waals surface area contributed by atoms with Gasteiger partial charge in [-0.3, -0.25) is 0 Å². The third kappa shape index (κ3) is 5.05. The van der Waals surface area contributed by atoms with Gasteiger partial charge in [0.1, 0.15) is 0 Å². The highest BCUT2D eigenvalue weighted by molar-refractivity contribution is 5.74. The zero-order valence-corrected chi connectivity index (χ0v) is 11.1. The fourth-order valence-electron chi connectivity index (χ4n) is 1.25. The molecule has 2 amide bonds. The van der Waals surface area contributed by atoms with E-state index in [1.165, 1.54) is 0 Å². The van der Waals surface area contributed by atoms with Gasteiger partial charge in [-0.2, -0.15) is 0 Å². The molecule has 0 aromatic heterocycles. The number of hydrogen-bond acceptors (Lipinski definition) is 1. The fraction of sp³-hybridized carbons (Fsp3) is 0.917. The van der Waals surface area contributed by atoms with Crippen molar-refractivity contribution in [1.29, 1.82) is 0 Å². The molecule has 15 heavy (non-hydrogen) atoms. The van der Waals surface area contributed by atoms with Gasteiger partial charge in [-0.1, -0.05) is 34.1 Å². The number of urea groups is 1. The van der Waals surface area contributed by atoms with Gasteiger partial charge in [0.2, 0.25) is 0 Å². The predicted octanol–water partition coefficient (Wildman–Crippen LogP) is 2.86. The Morgan fingerprint density at radius 3 is 2.33 bits per heavy atom. The minimum Gasteiger partial charge on any atom is -0.338 e. The Labute approximate surface area is 94.2 Å². The Morgan fingerprint density at radius 1 is 1.40 bits per heavy atom. The van der Waals surface area contributed by atoms with E-state index in [1.807, 2.05) is 7.05 Å². The van der Waals surface area contributed by atoms with E-state index < -0.39 is 0 Å². The SMILES string of the molecule is CCCCNC(=O)N(C)C(C)C(C)(C)C. The van der Waals surface area contributed by atoms with Crippen LogP contribution in [0, 0.1) is 5.41 Å². The number of nitrogens with one attached hydrogen (secondary N) is 1. The molecule has 0 aliphatic carbocycles. The van der Waals surface area contributed by atoms with Crippen molar-refractivity contribution in [2.75, 3.05) is 13.6 Å². The fourth-order valence-corrected chi connectivity index (χ4v) is 1.25. The summed E-state index contributed by atoms with van der Waals surface area (Å²) in [5, 5.41) is 2.92. The number of unbranched alkanes of at least 4 members (excludes halogenated alkanes) is 1. The maximum absolute atomic E-state index is 11.7. The highest BCUT2D eigenvalue weighted by Gasteiger charge is 2.26. The number of hydrogen-bond donors (Lipinski definition) is 1. The van der Waals surface area contributed by atoms with E-state index in [4.69, 9.17) is 0 Å². The van der Waals surface area contributed by atoms with Crippen LogP contribution in [0.25, 0.3) is 0 Å². The van der Waals surface area contributed by atoms with Gasteiger partial charge < -0.3 is 10.2 Å². The van der Waals surface area contributed by atoms with E-state index in [9.17, 15) is 4.79 Å². The molecular weight excluding hydrogens is 188 g/mol. The molecule has 0 heterocycles. The number of nitrogens with zero attached hydrogens (tertiary/aromatic N) is 1. The lowest BCUT2D eigenvalue weighted by molar-refractivity contribution is 0.146. The summed E-state index contributed by atoms with van der Waals surface area (Å²) in [6, 6.07) is 0.269. The summed E-state index contributed by atoms with van der Waals surface area (Å²) in [5.74, 6) is 0. The zero-order chi connectivity index (χ0) is 12.1. The highest BCUT2D eigenvalue weighted by Crippen LogP contribution is 2.22. The van der Waals surface area contributed by atoms with E-state index in [1.54, 1.807) is 4.90 Å². The summed E-state index contributed by atoms with van der Waals surface area (Å²) in [6.45, 7) is 11.4. The third-order valence-electron chi connectivity index (χ3n) is 2.96. The first-order valence-corrected chi connectivity index (χ1v) is 5.81. The molecule has 3 heteroatoms. The molecule has 0 spiro atoms. The molecule has 1 N–H and O–H groups in total. The first-order valence-electron chi connectivity index (χ1n) is 5.81. The van der Waals surface area contributed by atoms with Crippen molar-refractivity contribution in [3.05, 3.63) is 0 Å². The van der Waals surface area contributed by atoms with Crippen LogP contribution in [0.3, 0.4) is 0 Å². The minimum atomic E-state index is 0.0332. The van der Waals surface area contributed by atoms with Crippen molar-refractivity contribution in [2.24, 2.45) is 5.41 Å². The van der Waals surface area contributed by atoms with Crippen LogP contribution in [0.15, 0.2) is 0 Å². The molecule has 0 saturated heterocycles. The van der Waals surface area contributed by atoms with Crippen molar-refractivity contribution in [3.63, 3.8) is 0 Å². The number of amides is 2. The van der Waals surface area contributed by atoms with Crippen LogP contribution in [-0.2, 0) is 0 Å². The predicted molar refractivity (Wildman–Crippen MR) is 65.0 cm³/mol. The van der Waals surface area contributed by atoms with Gasteiger partial charge >= 0.3 is 6.03 Å². The summed E-state index contributed by atoms with van der Waals surface area (Å²) >= 11 is 0. The second-order valence-corrected chi connectivity index (χ2v) is 5.24. The minimum absolute atomic E-state index is 0.0332. The van der Waals surface area contributed by atoms with Crippen LogP contribution >= 0.6 is 0 Å². The summed E-state index contributed by atoms with van der Waals surface area (Å²) < 4.78 is 0. The van der Waals surface area contributed by atoms with E-state index in [0.717, 1.165) is 19.4 Å². The lowest BCUT2D eigenvalue weighted by Crippen LogP contribution is -2.47. The lowest BCUT2D eigenvalue weighted by atomic mass is 9.87. The number of rotatable bonds is 4. The van der Waals surface area contributed by atoms with Crippen molar-refractivity contribution in [3.8, 4) is 0 Å². The van der Waals surface area contributed by atoms with Gasteiger partial charge in [0.25, 0.3) is 0 Å². The molecule has 0 fully saturated rings. The van der Waals surface area contributed by atoms with E-state index in [2.05, 4.69) is 39.9 Å². The molecule has 0 rings (SSSR count). The van der Waals surface area contributed by atoms with Gasteiger partial charge in [0.05, 0.1) is 0 Å². The molecule has 0 aromatic rings. The average Bonchev–Trinajstić information content (AvgIpc) is 2.14. The second-order valence-electron chi connectivity index (χ2n) is 5.24. The normalized spacial score (nSPS) is 13.5.